The van der Waals surface area contributed by atoms with Crippen molar-refractivity contribution in [3.05, 3.63) is 54.1 Å². The topological polar surface area (TPSA) is 58.1 Å². The molecule has 1 amide bonds. The van der Waals surface area contributed by atoms with E-state index >= 15 is 0 Å². The molecule has 0 aliphatic heterocycles. The maximum atomic E-state index is 12.3. The number of aromatic nitrogens is 2. The standard InChI is InChI=1S/C18H24N4O/c1-3-9-22(10-4-2)17-11-16(13-20-14-17)18(23)21-12-15-5-7-19-8-6-15/h5-8,11,13-14H,3-4,9-10,12H2,1-2H3,(H,21,23). The summed E-state index contributed by atoms with van der Waals surface area (Å²) < 4.78 is 0. The number of carbonyl (C=O) groups excluding carboxylic acids is 1. The van der Waals surface area contributed by atoms with Crippen LogP contribution in [-0.2, 0) is 6.54 Å². The van der Waals surface area contributed by atoms with Crippen LogP contribution in [-0.4, -0.2) is 29.0 Å². The van der Waals surface area contributed by atoms with E-state index in [0.717, 1.165) is 37.2 Å². The van der Waals surface area contributed by atoms with Crippen LogP contribution in [0.1, 0.15) is 42.6 Å². The van der Waals surface area contributed by atoms with Gasteiger partial charge in [-0.15, -0.1) is 0 Å². The molecule has 0 atom stereocenters. The molecule has 0 bridgehead atoms. The lowest BCUT2D eigenvalue weighted by atomic mass is 10.2. The Balaban J connectivity index is 2.04. The average Bonchev–Trinajstić information content (AvgIpc) is 2.60. The number of hydrogen-bond acceptors (Lipinski definition) is 4. The number of carbonyl (C=O) groups is 1. The zero-order valence-corrected chi connectivity index (χ0v) is 13.8. The average molecular weight is 312 g/mol. The predicted octanol–water partition coefficient (Wildman–Crippen LogP) is 3.03. The van der Waals surface area contributed by atoms with Crippen LogP contribution in [0.4, 0.5) is 5.69 Å². The Morgan fingerprint density at radius 3 is 2.43 bits per heavy atom. The number of rotatable bonds is 8. The highest BCUT2D eigenvalue weighted by molar-refractivity contribution is 5.94. The Kier molecular flexibility index (Phi) is 6.54. The molecule has 0 saturated heterocycles. The molecule has 0 fully saturated rings. The van der Waals surface area contributed by atoms with Crippen molar-refractivity contribution in [3.8, 4) is 0 Å². The maximum Gasteiger partial charge on any atom is 0.253 e. The monoisotopic (exact) mass is 312 g/mol. The molecule has 0 spiro atoms. The molecule has 1 N–H and O–H groups in total. The molecule has 0 saturated carbocycles. The normalized spacial score (nSPS) is 10.3. The molecule has 5 heteroatoms. The quantitative estimate of drug-likeness (QED) is 0.814. The summed E-state index contributed by atoms with van der Waals surface area (Å²) in [5.41, 5.74) is 2.62. The minimum absolute atomic E-state index is 0.107. The van der Waals surface area contributed by atoms with Crippen molar-refractivity contribution in [1.29, 1.82) is 0 Å². The van der Waals surface area contributed by atoms with Crippen LogP contribution < -0.4 is 10.2 Å². The second-order valence-electron chi connectivity index (χ2n) is 5.46. The van der Waals surface area contributed by atoms with Gasteiger partial charge in [0.25, 0.3) is 5.91 Å². The van der Waals surface area contributed by atoms with Gasteiger partial charge in [-0.1, -0.05) is 13.8 Å². The fourth-order valence-electron chi connectivity index (χ4n) is 2.42. The van der Waals surface area contributed by atoms with E-state index in [4.69, 9.17) is 0 Å². The summed E-state index contributed by atoms with van der Waals surface area (Å²) in [5, 5.41) is 2.92. The molecule has 23 heavy (non-hydrogen) atoms. The van der Waals surface area contributed by atoms with Crippen molar-refractivity contribution in [2.45, 2.75) is 33.2 Å². The van der Waals surface area contributed by atoms with Crippen molar-refractivity contribution in [1.82, 2.24) is 15.3 Å². The van der Waals surface area contributed by atoms with Crippen LogP contribution in [0.2, 0.25) is 0 Å². The minimum atomic E-state index is -0.107. The Bertz CT molecular complexity index is 609. The van der Waals surface area contributed by atoms with E-state index < -0.39 is 0 Å². The van der Waals surface area contributed by atoms with Crippen molar-refractivity contribution < 1.29 is 4.79 Å². The number of amides is 1. The van der Waals surface area contributed by atoms with Gasteiger partial charge in [-0.25, -0.2) is 0 Å². The van der Waals surface area contributed by atoms with Crippen LogP contribution in [0.15, 0.2) is 43.0 Å². The first-order chi connectivity index (χ1) is 11.2. The van der Waals surface area contributed by atoms with E-state index in [-0.39, 0.29) is 5.91 Å². The summed E-state index contributed by atoms with van der Waals surface area (Å²) in [7, 11) is 0. The molecule has 122 valence electrons. The zero-order valence-electron chi connectivity index (χ0n) is 13.8. The number of anilines is 1. The van der Waals surface area contributed by atoms with Crippen LogP contribution >= 0.6 is 0 Å². The fraction of sp³-hybridized carbons (Fsp3) is 0.389. The van der Waals surface area contributed by atoms with E-state index in [1.165, 1.54) is 0 Å². The van der Waals surface area contributed by atoms with Crippen molar-refractivity contribution in [3.63, 3.8) is 0 Å². The maximum absolute atomic E-state index is 12.3. The molecule has 0 aliphatic rings. The Hall–Kier alpha value is -2.43. The third kappa shape index (κ3) is 5.06. The lowest BCUT2D eigenvalue weighted by molar-refractivity contribution is 0.0950. The van der Waals surface area contributed by atoms with Gasteiger partial charge in [-0.05, 0) is 36.6 Å². The highest BCUT2D eigenvalue weighted by Crippen LogP contribution is 2.15. The molecule has 2 rings (SSSR count). The highest BCUT2D eigenvalue weighted by atomic mass is 16.1. The van der Waals surface area contributed by atoms with Crippen LogP contribution in [0, 0.1) is 0 Å². The summed E-state index contributed by atoms with van der Waals surface area (Å²) in [6.07, 6.45) is 9.01. The number of nitrogens with one attached hydrogen (secondary N) is 1. The van der Waals surface area contributed by atoms with Gasteiger partial charge in [0, 0.05) is 38.2 Å². The van der Waals surface area contributed by atoms with Gasteiger partial charge < -0.3 is 10.2 Å². The van der Waals surface area contributed by atoms with E-state index in [9.17, 15) is 4.79 Å². The van der Waals surface area contributed by atoms with Crippen molar-refractivity contribution >= 4 is 11.6 Å². The molecule has 5 nitrogen and oxygen atoms in total. The van der Waals surface area contributed by atoms with Gasteiger partial charge in [-0.2, -0.15) is 0 Å². The molecular weight excluding hydrogens is 288 g/mol. The second-order valence-corrected chi connectivity index (χ2v) is 5.46. The smallest absolute Gasteiger partial charge is 0.253 e. The van der Waals surface area contributed by atoms with E-state index in [0.29, 0.717) is 12.1 Å². The van der Waals surface area contributed by atoms with Crippen molar-refractivity contribution in [2.24, 2.45) is 0 Å². The van der Waals surface area contributed by atoms with Crippen molar-refractivity contribution in [2.75, 3.05) is 18.0 Å². The summed E-state index contributed by atoms with van der Waals surface area (Å²) in [4.78, 5) is 22.8. The molecule has 2 heterocycles. The Morgan fingerprint density at radius 2 is 1.78 bits per heavy atom. The van der Waals surface area contributed by atoms with Crippen LogP contribution in [0.5, 0.6) is 0 Å². The van der Waals surface area contributed by atoms with Crippen LogP contribution in [0.3, 0.4) is 0 Å². The third-order valence-electron chi connectivity index (χ3n) is 3.54. The van der Waals surface area contributed by atoms with Gasteiger partial charge in [0.2, 0.25) is 0 Å². The summed E-state index contributed by atoms with van der Waals surface area (Å²) in [5.74, 6) is -0.107. The van der Waals surface area contributed by atoms with Gasteiger partial charge in [0.05, 0.1) is 17.4 Å². The highest BCUT2D eigenvalue weighted by Gasteiger charge is 2.10. The first-order valence-corrected chi connectivity index (χ1v) is 8.11. The van der Waals surface area contributed by atoms with E-state index in [2.05, 4.69) is 34.0 Å². The Morgan fingerprint density at radius 1 is 1.09 bits per heavy atom. The summed E-state index contributed by atoms with van der Waals surface area (Å²) in [6, 6.07) is 5.69. The van der Waals surface area contributed by atoms with E-state index in [1.807, 2.05) is 24.4 Å². The predicted molar refractivity (Wildman–Crippen MR) is 92.4 cm³/mol. The number of pyridine rings is 2. The molecule has 0 unspecified atom stereocenters. The molecule has 2 aromatic rings. The SMILES string of the molecule is CCCN(CCC)c1cncc(C(=O)NCc2ccncc2)c1. The molecule has 0 radical (unpaired) electrons. The largest absolute Gasteiger partial charge is 0.370 e. The Labute approximate surface area is 137 Å². The first kappa shape index (κ1) is 16.9. The third-order valence-corrected chi connectivity index (χ3v) is 3.54. The van der Waals surface area contributed by atoms with Gasteiger partial charge in [0.1, 0.15) is 0 Å². The van der Waals surface area contributed by atoms with Crippen LogP contribution in [0.25, 0.3) is 0 Å². The van der Waals surface area contributed by atoms with E-state index in [1.54, 1.807) is 18.6 Å². The molecule has 2 aromatic heterocycles. The molecule has 0 aliphatic carbocycles. The lowest BCUT2D eigenvalue weighted by Crippen LogP contribution is -2.26. The van der Waals surface area contributed by atoms with Gasteiger partial charge in [-0.3, -0.25) is 14.8 Å². The zero-order chi connectivity index (χ0) is 16.5. The second kappa shape index (κ2) is 8.88. The molecular formula is C18H24N4O. The number of hydrogen-bond donors (Lipinski definition) is 1. The van der Waals surface area contributed by atoms with Gasteiger partial charge in [0.15, 0.2) is 0 Å². The lowest BCUT2D eigenvalue weighted by Gasteiger charge is -2.23. The summed E-state index contributed by atoms with van der Waals surface area (Å²) >= 11 is 0. The van der Waals surface area contributed by atoms with Gasteiger partial charge >= 0.3 is 0 Å². The molecule has 0 aromatic carbocycles. The fourth-order valence-corrected chi connectivity index (χ4v) is 2.42. The first-order valence-electron chi connectivity index (χ1n) is 8.11. The minimum Gasteiger partial charge on any atom is -0.370 e. The number of nitrogens with zero attached hydrogens (tertiary/aromatic N) is 3. The summed E-state index contributed by atoms with van der Waals surface area (Å²) in [6.45, 7) is 6.73.